The molecule has 0 saturated carbocycles. The first-order valence-corrected chi connectivity index (χ1v) is 35.3. The summed E-state index contributed by atoms with van der Waals surface area (Å²) in [5.41, 5.74) is 8.12. The Bertz CT molecular complexity index is 3960. The molecule has 2 aliphatic rings. The zero-order chi connectivity index (χ0) is 66.0. The lowest BCUT2D eigenvalue weighted by Gasteiger charge is -2.43. The molecule has 0 bridgehead atoms. The summed E-state index contributed by atoms with van der Waals surface area (Å²) in [6.07, 6.45) is 7.77. The average molecular weight is 1300 g/mol. The minimum Gasteiger partial charge on any atom is -0.534 e. The second kappa shape index (κ2) is 32.2. The minimum atomic E-state index is -2.72. The molecule has 0 radical (unpaired) electrons. The zero-order valence-electron chi connectivity index (χ0n) is 54.7. The van der Waals surface area contributed by atoms with Crippen LogP contribution in [0.2, 0.25) is 5.04 Å². The molecule has 8 aromatic carbocycles. The molecule has 4 heterocycles. The highest BCUT2D eigenvalue weighted by Crippen LogP contribution is 2.38. The van der Waals surface area contributed by atoms with Crippen LogP contribution in [0.25, 0.3) is 21.8 Å². The first-order chi connectivity index (χ1) is 46.2. The van der Waals surface area contributed by atoms with Crippen molar-refractivity contribution in [2.75, 3.05) is 76.2 Å². The van der Waals surface area contributed by atoms with Gasteiger partial charge in [-0.1, -0.05) is 142 Å². The monoisotopic (exact) mass is 1290 g/mol. The van der Waals surface area contributed by atoms with Gasteiger partial charge < -0.3 is 70.3 Å². The van der Waals surface area contributed by atoms with Crippen LogP contribution >= 0.6 is 0 Å². The van der Waals surface area contributed by atoms with E-state index in [-0.39, 0.29) is 35.8 Å². The van der Waals surface area contributed by atoms with Crippen molar-refractivity contribution in [3.8, 4) is 23.0 Å². The molecule has 12 rings (SSSR count). The SMILES string of the molecule is CC(C)(C)[Si](Oc1ccc(OC[C@@H](O)CNCCc2ccc(NC3CCN(C(=O)c4c[nH]c5ccccc45)CC3)cc2)cc1)(c1ccccc1)c1ccccc1.O=C(c1c[nH]c2ccccc12)N1CCC(Nc2ccc(CCNC[C@H](O)COc3ccc(O)cc3)cc2)CC1. The second-order valence-corrected chi connectivity index (χ2v) is 30.1. The normalized spacial score (nSPS) is 14.6. The number of phenolic OH excluding ortho intramolecular Hbond substituents is 1. The molecule has 2 amide bonds. The first-order valence-electron chi connectivity index (χ1n) is 33.4. The van der Waals surface area contributed by atoms with Gasteiger partial charge in [-0.05, 0) is 163 Å². The molecule has 2 atom stereocenters. The lowest BCUT2D eigenvalue weighted by molar-refractivity contribution is 0.0713. The third kappa shape index (κ3) is 17.7. The van der Waals surface area contributed by atoms with Gasteiger partial charge in [-0.15, -0.1) is 0 Å². The van der Waals surface area contributed by atoms with E-state index in [1.807, 2.05) is 95.0 Å². The first kappa shape index (κ1) is 67.1. The Hall–Kier alpha value is -9.36. The van der Waals surface area contributed by atoms with Crippen LogP contribution in [-0.4, -0.2) is 145 Å². The number of nitrogens with zero attached hydrogens (tertiary/aromatic N) is 2. The number of H-pyrrole nitrogens is 2. The van der Waals surface area contributed by atoms with Crippen molar-refractivity contribution in [1.29, 1.82) is 0 Å². The number of aliphatic hydroxyl groups excluding tert-OH is 2. The Labute approximate surface area is 558 Å². The molecular formula is C78H90N8O8Si. The maximum absolute atomic E-state index is 13.2. The summed E-state index contributed by atoms with van der Waals surface area (Å²) in [4.78, 5) is 36.6. The average Bonchev–Trinajstić information content (AvgIpc) is 1.41. The lowest BCUT2D eigenvalue weighted by atomic mass is 10.0. The van der Waals surface area contributed by atoms with Gasteiger partial charge in [-0.2, -0.15) is 0 Å². The molecule has 16 nitrogen and oxygen atoms in total. The van der Waals surface area contributed by atoms with Crippen molar-refractivity contribution >= 4 is 63.7 Å². The summed E-state index contributed by atoms with van der Waals surface area (Å²) in [6, 6.07) is 69.1. The van der Waals surface area contributed by atoms with E-state index in [0.29, 0.717) is 36.7 Å². The fraction of sp³-hybridized carbons (Fsp3) is 0.308. The number of aliphatic hydroxyl groups is 2. The number of amides is 2. The number of hydrogen-bond donors (Lipinski definition) is 9. The Morgan fingerprint density at radius 1 is 0.505 bits per heavy atom. The molecule has 17 heteroatoms. The Balaban J connectivity index is 0.000000206. The molecule has 95 heavy (non-hydrogen) atoms. The Morgan fingerprint density at radius 2 is 0.884 bits per heavy atom. The van der Waals surface area contributed by atoms with Crippen molar-refractivity contribution in [2.45, 2.75) is 88.6 Å². The van der Waals surface area contributed by atoms with Crippen LogP contribution in [0.5, 0.6) is 23.0 Å². The number of likely N-dealkylation sites (tertiary alicyclic amines) is 2. The Kier molecular flexibility index (Phi) is 22.7. The summed E-state index contributed by atoms with van der Waals surface area (Å²) in [7, 11) is -2.72. The number of aromatic hydroxyl groups is 1. The molecule has 2 aliphatic heterocycles. The molecule has 2 fully saturated rings. The highest BCUT2D eigenvalue weighted by Gasteiger charge is 2.52. The number of hydrogen-bond acceptors (Lipinski definition) is 12. The van der Waals surface area contributed by atoms with Crippen molar-refractivity contribution in [3.05, 3.63) is 241 Å². The fourth-order valence-corrected chi connectivity index (χ4v) is 17.2. The van der Waals surface area contributed by atoms with E-state index in [1.165, 1.54) is 21.5 Å². The van der Waals surface area contributed by atoms with Gasteiger partial charge in [-0.25, -0.2) is 0 Å². The number of rotatable bonds is 26. The van der Waals surface area contributed by atoms with Crippen molar-refractivity contribution in [1.82, 2.24) is 30.4 Å². The van der Waals surface area contributed by atoms with Gasteiger partial charge in [0.25, 0.3) is 11.8 Å². The number of fused-ring (bicyclic) bond motifs is 2. The molecule has 2 aromatic heterocycles. The highest BCUT2D eigenvalue weighted by molar-refractivity contribution is 7.00. The summed E-state index contributed by atoms with van der Waals surface area (Å²) >= 11 is 0. The minimum absolute atomic E-state index is 0.0984. The molecule has 0 aliphatic carbocycles. The number of nitrogens with one attached hydrogen (secondary N) is 6. The zero-order valence-corrected chi connectivity index (χ0v) is 55.7. The quantitative estimate of drug-likeness (QED) is 0.0183. The summed E-state index contributed by atoms with van der Waals surface area (Å²) < 4.78 is 18.6. The standard InChI is InChI=1S/C47H54N4O4Si.C31H36N4O4/c1-47(2,3)56(41-12-6-4-7-13-41,42-14-8-5-9-15-42)55-40-24-22-39(23-25-40)54-34-38(52)32-48-29-26-35-18-20-36(21-19-35)50-37-27-30-51(31-28-37)46(53)44-33-49-45-17-11-10-16-43(44)45;36-25-9-11-27(12-10-25)39-21-26(37)19-32-16-13-22-5-7-23(8-6-22)34-24-14-17-35(18-15-24)31(38)29-20-33-30-4-2-1-3-28(29)30/h4-25,33,37-38,48-50,52H,26-32,34H2,1-3H3;1-12,20,24,26,32-34,36-37H,13-19,21H2/t38-;26-/m00/s1. The maximum atomic E-state index is 13.2. The van der Waals surface area contributed by atoms with Crippen molar-refractivity contribution in [3.63, 3.8) is 0 Å². The van der Waals surface area contributed by atoms with E-state index >= 15 is 0 Å². The van der Waals surface area contributed by atoms with Crippen LogP contribution in [-0.2, 0) is 12.8 Å². The van der Waals surface area contributed by atoms with Gasteiger partial charge in [0, 0.05) is 96.9 Å². The van der Waals surface area contributed by atoms with Crippen molar-refractivity contribution in [2.24, 2.45) is 0 Å². The van der Waals surface area contributed by atoms with Gasteiger partial charge in [-0.3, -0.25) is 9.59 Å². The number of phenols is 1. The molecule has 0 unspecified atom stereocenters. The second-order valence-electron chi connectivity index (χ2n) is 25.9. The number of aromatic amines is 2. The molecule has 0 spiro atoms. The molecule has 494 valence electrons. The maximum Gasteiger partial charge on any atom is 0.319 e. The van der Waals surface area contributed by atoms with Crippen LogP contribution in [0, 0.1) is 0 Å². The summed E-state index contributed by atoms with van der Waals surface area (Å²) in [6.45, 7) is 12.5. The van der Waals surface area contributed by atoms with Crippen LogP contribution in [0.15, 0.2) is 219 Å². The smallest absolute Gasteiger partial charge is 0.319 e. The van der Waals surface area contributed by atoms with E-state index in [4.69, 9.17) is 13.9 Å². The third-order valence-electron chi connectivity index (χ3n) is 18.0. The number of benzene rings is 8. The van der Waals surface area contributed by atoms with Crippen LogP contribution < -0.4 is 45.5 Å². The molecule has 2 saturated heterocycles. The van der Waals surface area contributed by atoms with Gasteiger partial charge in [0.15, 0.2) is 0 Å². The van der Waals surface area contributed by atoms with E-state index in [2.05, 4.69) is 161 Å². The summed E-state index contributed by atoms with van der Waals surface area (Å²) in [5.74, 6) is 2.49. The predicted octanol–water partition coefficient (Wildman–Crippen LogP) is 11.6. The van der Waals surface area contributed by atoms with Crippen LogP contribution in [0.1, 0.15) is 78.3 Å². The van der Waals surface area contributed by atoms with Gasteiger partial charge in [0.1, 0.15) is 48.4 Å². The lowest BCUT2D eigenvalue weighted by Crippen LogP contribution is -2.68. The number of para-hydroxylation sites is 2. The number of anilines is 2. The van der Waals surface area contributed by atoms with Gasteiger partial charge in [0.05, 0.1) is 11.1 Å². The predicted molar refractivity (Wildman–Crippen MR) is 384 cm³/mol. The van der Waals surface area contributed by atoms with Crippen LogP contribution in [0.3, 0.4) is 0 Å². The topological polar surface area (TPSA) is 209 Å². The van der Waals surface area contributed by atoms with E-state index < -0.39 is 20.5 Å². The number of piperidine rings is 2. The van der Waals surface area contributed by atoms with E-state index in [1.54, 1.807) is 24.3 Å². The van der Waals surface area contributed by atoms with Gasteiger partial charge in [0.2, 0.25) is 0 Å². The number of ether oxygens (including phenoxy) is 2. The van der Waals surface area contributed by atoms with Crippen LogP contribution in [0.4, 0.5) is 11.4 Å². The van der Waals surface area contributed by atoms with Crippen molar-refractivity contribution < 1.29 is 38.8 Å². The molecule has 10 aromatic rings. The van der Waals surface area contributed by atoms with E-state index in [0.717, 1.165) is 128 Å². The Morgan fingerprint density at radius 3 is 1.29 bits per heavy atom. The number of carbonyl (C=O) groups excluding carboxylic acids is 2. The highest BCUT2D eigenvalue weighted by atomic mass is 28.4. The largest absolute Gasteiger partial charge is 0.534 e. The molecule has 9 N–H and O–H groups in total. The third-order valence-corrected chi connectivity index (χ3v) is 23.0. The summed E-state index contributed by atoms with van der Waals surface area (Å²) in [5, 5.41) is 48.3. The fourth-order valence-electron chi connectivity index (χ4n) is 12.8. The number of aromatic nitrogens is 2. The molecular weight excluding hydrogens is 1200 g/mol. The van der Waals surface area contributed by atoms with Gasteiger partial charge >= 0.3 is 8.32 Å². The van der Waals surface area contributed by atoms with E-state index in [9.17, 15) is 24.9 Å². The number of carbonyl (C=O) groups is 2.